The standard InChI is InChI=1S/C28H38N2O6S/c1-28(2,3)22-7-10-23(11-8-22)36-24-9-6-20-16-19(4-5-21(20)17-24)18-30(27(32)33)15-14-26(31)29-37(34,35)25-12-13-25/h4-6,9,16-17,22-23,25H,7-8,10-15,18H2,1-3H3,(H,29,31)(H,32,33). The van der Waals surface area contributed by atoms with Crippen LogP contribution in [0, 0.1) is 11.3 Å². The first-order valence-corrected chi connectivity index (χ1v) is 14.7. The van der Waals surface area contributed by atoms with Crippen molar-refractivity contribution in [2.24, 2.45) is 11.3 Å². The normalized spacial score (nSPS) is 20.4. The maximum atomic E-state index is 12.1. The third-order valence-electron chi connectivity index (χ3n) is 7.55. The second-order valence-corrected chi connectivity index (χ2v) is 13.5. The van der Waals surface area contributed by atoms with E-state index < -0.39 is 27.3 Å². The highest BCUT2D eigenvalue weighted by molar-refractivity contribution is 7.90. The van der Waals surface area contributed by atoms with Crippen molar-refractivity contribution in [1.82, 2.24) is 9.62 Å². The number of amides is 2. The summed E-state index contributed by atoms with van der Waals surface area (Å²) in [6.07, 6.45) is 4.45. The van der Waals surface area contributed by atoms with Crippen molar-refractivity contribution >= 4 is 32.8 Å². The van der Waals surface area contributed by atoms with Gasteiger partial charge in [-0.15, -0.1) is 0 Å². The molecule has 0 aromatic heterocycles. The fraction of sp³-hybridized carbons (Fsp3) is 0.571. The minimum absolute atomic E-state index is 0.0936. The molecule has 4 rings (SSSR count). The second kappa shape index (κ2) is 10.9. The molecular formula is C28H38N2O6S. The highest BCUT2D eigenvalue weighted by atomic mass is 32.2. The van der Waals surface area contributed by atoms with Crippen LogP contribution >= 0.6 is 0 Å². The lowest BCUT2D eigenvalue weighted by atomic mass is 9.72. The molecule has 2 aromatic carbocycles. The average molecular weight is 531 g/mol. The molecule has 2 aromatic rings. The number of sulfonamides is 1. The average Bonchev–Trinajstić information content (AvgIpc) is 3.67. The molecule has 2 saturated carbocycles. The summed E-state index contributed by atoms with van der Waals surface area (Å²) in [5.41, 5.74) is 1.13. The molecule has 2 N–H and O–H groups in total. The van der Waals surface area contributed by atoms with Crippen LogP contribution in [0.5, 0.6) is 5.75 Å². The number of rotatable bonds is 9. The number of fused-ring (bicyclic) bond motifs is 1. The quantitative estimate of drug-likeness (QED) is 0.455. The summed E-state index contributed by atoms with van der Waals surface area (Å²) < 4.78 is 32.2. The van der Waals surface area contributed by atoms with Gasteiger partial charge in [0.05, 0.1) is 11.4 Å². The molecule has 37 heavy (non-hydrogen) atoms. The SMILES string of the molecule is CC(C)(C)C1CCC(Oc2ccc3cc(CN(CCC(=O)NS(=O)(=O)C4CC4)C(=O)O)ccc3c2)CC1. The van der Waals surface area contributed by atoms with Gasteiger partial charge in [0.25, 0.3) is 0 Å². The molecule has 2 amide bonds. The highest BCUT2D eigenvalue weighted by Gasteiger charge is 2.36. The first-order chi connectivity index (χ1) is 17.4. The number of hydrogen-bond donors (Lipinski definition) is 2. The summed E-state index contributed by atoms with van der Waals surface area (Å²) in [6.45, 7) is 6.94. The van der Waals surface area contributed by atoms with E-state index in [1.165, 1.54) is 12.8 Å². The van der Waals surface area contributed by atoms with Gasteiger partial charge in [-0.1, -0.05) is 39.0 Å². The van der Waals surface area contributed by atoms with E-state index >= 15 is 0 Å². The highest BCUT2D eigenvalue weighted by Crippen LogP contribution is 2.39. The van der Waals surface area contributed by atoms with E-state index in [0.29, 0.717) is 18.3 Å². The van der Waals surface area contributed by atoms with Gasteiger partial charge >= 0.3 is 6.09 Å². The zero-order valence-corrected chi connectivity index (χ0v) is 22.7. The van der Waals surface area contributed by atoms with Gasteiger partial charge in [-0.05, 0) is 84.4 Å². The smallest absolute Gasteiger partial charge is 0.407 e. The van der Waals surface area contributed by atoms with E-state index in [1.54, 1.807) is 0 Å². The van der Waals surface area contributed by atoms with Crippen molar-refractivity contribution in [3.63, 3.8) is 0 Å². The van der Waals surface area contributed by atoms with Crippen LogP contribution in [0.2, 0.25) is 0 Å². The van der Waals surface area contributed by atoms with Crippen LogP contribution < -0.4 is 9.46 Å². The summed E-state index contributed by atoms with van der Waals surface area (Å²) in [6, 6.07) is 11.7. The van der Waals surface area contributed by atoms with Crippen molar-refractivity contribution in [3.8, 4) is 5.75 Å². The Morgan fingerprint density at radius 3 is 2.27 bits per heavy atom. The third kappa shape index (κ3) is 7.37. The molecule has 0 saturated heterocycles. The van der Waals surface area contributed by atoms with Gasteiger partial charge in [0.1, 0.15) is 5.75 Å². The van der Waals surface area contributed by atoms with Gasteiger partial charge in [0.2, 0.25) is 15.9 Å². The lowest BCUT2D eigenvalue weighted by molar-refractivity contribution is -0.119. The molecular weight excluding hydrogens is 492 g/mol. The molecule has 0 spiro atoms. The Morgan fingerprint density at radius 2 is 1.65 bits per heavy atom. The number of carbonyl (C=O) groups is 2. The first-order valence-electron chi connectivity index (χ1n) is 13.1. The van der Waals surface area contributed by atoms with E-state index in [0.717, 1.165) is 45.7 Å². The fourth-order valence-corrected chi connectivity index (χ4v) is 6.40. The largest absolute Gasteiger partial charge is 0.490 e. The van der Waals surface area contributed by atoms with Crippen molar-refractivity contribution in [3.05, 3.63) is 42.0 Å². The van der Waals surface area contributed by atoms with Crippen LogP contribution in [-0.2, 0) is 21.4 Å². The molecule has 0 aliphatic heterocycles. The Bertz CT molecular complexity index is 1240. The molecule has 2 fully saturated rings. The van der Waals surface area contributed by atoms with Crippen molar-refractivity contribution < 1.29 is 27.9 Å². The van der Waals surface area contributed by atoms with Gasteiger partial charge in [0, 0.05) is 19.5 Å². The first kappa shape index (κ1) is 27.2. The third-order valence-corrected chi connectivity index (χ3v) is 9.41. The molecule has 9 heteroatoms. The Morgan fingerprint density at radius 1 is 1.00 bits per heavy atom. The van der Waals surface area contributed by atoms with Crippen LogP contribution in [0.4, 0.5) is 4.79 Å². The van der Waals surface area contributed by atoms with Crippen LogP contribution in [-0.4, -0.2) is 48.3 Å². The number of hydrogen-bond acceptors (Lipinski definition) is 5. The maximum Gasteiger partial charge on any atom is 0.407 e. The fourth-order valence-electron chi connectivity index (χ4n) is 5.05. The zero-order chi connectivity index (χ0) is 26.8. The van der Waals surface area contributed by atoms with E-state index in [4.69, 9.17) is 4.74 Å². The number of nitrogens with one attached hydrogen (secondary N) is 1. The second-order valence-electron chi connectivity index (χ2n) is 11.5. The van der Waals surface area contributed by atoms with Gasteiger partial charge in [-0.25, -0.2) is 13.2 Å². The molecule has 0 heterocycles. The summed E-state index contributed by atoms with van der Waals surface area (Å²) >= 11 is 0. The Balaban J connectivity index is 1.33. The van der Waals surface area contributed by atoms with Crippen molar-refractivity contribution in [2.45, 2.75) is 83.6 Å². The molecule has 0 atom stereocenters. The van der Waals surface area contributed by atoms with Gasteiger partial charge < -0.3 is 14.7 Å². The molecule has 8 nitrogen and oxygen atoms in total. The molecule has 2 aliphatic rings. The predicted molar refractivity (Wildman–Crippen MR) is 143 cm³/mol. The molecule has 2 aliphatic carbocycles. The zero-order valence-electron chi connectivity index (χ0n) is 21.9. The Kier molecular flexibility index (Phi) is 8.02. The van der Waals surface area contributed by atoms with Gasteiger partial charge in [0.15, 0.2) is 0 Å². The Hall–Kier alpha value is -2.81. The van der Waals surface area contributed by atoms with Crippen LogP contribution in [0.3, 0.4) is 0 Å². The topological polar surface area (TPSA) is 113 Å². The molecule has 0 bridgehead atoms. The van der Waals surface area contributed by atoms with E-state index in [9.17, 15) is 23.1 Å². The van der Waals surface area contributed by atoms with Crippen LogP contribution in [0.1, 0.15) is 71.3 Å². The summed E-state index contributed by atoms with van der Waals surface area (Å²) in [4.78, 5) is 24.9. The maximum absolute atomic E-state index is 12.1. The van der Waals surface area contributed by atoms with Gasteiger partial charge in [-0.3, -0.25) is 9.52 Å². The van der Waals surface area contributed by atoms with Gasteiger partial charge in [-0.2, -0.15) is 0 Å². The Labute approximate surface area is 219 Å². The lowest BCUT2D eigenvalue weighted by Gasteiger charge is -2.37. The monoisotopic (exact) mass is 530 g/mol. The number of ether oxygens (including phenoxy) is 1. The van der Waals surface area contributed by atoms with Crippen molar-refractivity contribution in [1.29, 1.82) is 0 Å². The number of carbonyl (C=O) groups excluding carboxylic acids is 1. The molecule has 202 valence electrons. The van der Waals surface area contributed by atoms with Crippen LogP contribution in [0.15, 0.2) is 36.4 Å². The minimum Gasteiger partial charge on any atom is -0.490 e. The predicted octanol–water partition coefficient (Wildman–Crippen LogP) is 5.30. The van der Waals surface area contributed by atoms with E-state index in [1.807, 2.05) is 41.1 Å². The summed E-state index contributed by atoms with van der Waals surface area (Å²) in [5.74, 6) is 0.896. The van der Waals surface area contributed by atoms with Crippen molar-refractivity contribution in [2.75, 3.05) is 6.54 Å². The number of carboxylic acid groups (broad SMARTS) is 1. The summed E-state index contributed by atoms with van der Waals surface area (Å²) in [5, 5.41) is 11.1. The molecule has 0 radical (unpaired) electrons. The minimum atomic E-state index is -3.64. The summed E-state index contributed by atoms with van der Waals surface area (Å²) in [7, 11) is -3.64. The molecule has 0 unspecified atom stereocenters. The van der Waals surface area contributed by atoms with E-state index in [2.05, 4.69) is 20.8 Å². The lowest BCUT2D eigenvalue weighted by Crippen LogP contribution is -2.37. The van der Waals surface area contributed by atoms with Crippen LogP contribution in [0.25, 0.3) is 10.8 Å². The number of nitrogens with zero attached hydrogens (tertiary/aromatic N) is 1. The van der Waals surface area contributed by atoms with E-state index in [-0.39, 0.29) is 25.6 Å². The number of benzene rings is 2.